The van der Waals surface area contributed by atoms with Crippen molar-refractivity contribution in [2.75, 3.05) is 0 Å². The summed E-state index contributed by atoms with van der Waals surface area (Å²) in [7, 11) is 0. The lowest BCUT2D eigenvalue weighted by molar-refractivity contribution is -0.386. The van der Waals surface area contributed by atoms with E-state index in [2.05, 4.69) is 22.5 Å². The molecule has 0 aliphatic rings. The molecule has 2 aromatic carbocycles. The molecule has 0 aromatic heterocycles. The first-order chi connectivity index (χ1) is 9.95. The van der Waals surface area contributed by atoms with Crippen LogP contribution in [0.25, 0.3) is 0 Å². The molecule has 1 N–H and O–H groups in total. The number of aryl methyl sites for hydroxylation is 1. The molecule has 4 nitrogen and oxygen atoms in total. The second-order valence-electron chi connectivity index (χ2n) is 4.69. The Morgan fingerprint density at radius 3 is 2.57 bits per heavy atom. The van der Waals surface area contributed by atoms with Crippen molar-refractivity contribution in [3.8, 4) is 5.75 Å². The van der Waals surface area contributed by atoms with E-state index in [0.717, 1.165) is 11.1 Å². The highest BCUT2D eigenvalue weighted by molar-refractivity contribution is 9.10. The Morgan fingerprint density at radius 2 is 2.00 bits per heavy atom. The fourth-order valence-electron chi connectivity index (χ4n) is 2.34. The van der Waals surface area contributed by atoms with Crippen LogP contribution < -0.4 is 0 Å². The van der Waals surface area contributed by atoms with E-state index >= 15 is 0 Å². The predicted molar refractivity (Wildman–Crippen MR) is 85.7 cm³/mol. The summed E-state index contributed by atoms with van der Waals surface area (Å²) in [6.07, 6.45) is 1.67. The number of benzene rings is 2. The molecule has 0 radical (unpaired) electrons. The van der Waals surface area contributed by atoms with E-state index in [1.807, 2.05) is 31.2 Å². The van der Waals surface area contributed by atoms with Crippen LogP contribution in [-0.4, -0.2) is 10.0 Å². The lowest BCUT2D eigenvalue weighted by atomic mass is 9.88. The molecule has 108 valence electrons. The molecule has 0 aliphatic heterocycles. The molecule has 2 rings (SSSR count). The van der Waals surface area contributed by atoms with Gasteiger partial charge in [0.15, 0.2) is 5.75 Å². The predicted octanol–water partition coefficient (Wildman–Crippen LogP) is 4.69. The van der Waals surface area contributed by atoms with Gasteiger partial charge in [-0.1, -0.05) is 46.3 Å². The van der Waals surface area contributed by atoms with Gasteiger partial charge in [0.1, 0.15) is 0 Å². The number of nitro benzene ring substituents is 1. The highest BCUT2D eigenvalue weighted by Gasteiger charge is 2.24. The summed E-state index contributed by atoms with van der Waals surface area (Å²) in [5.74, 6) is -0.640. The number of nitrogens with zero attached hydrogens (tertiary/aromatic N) is 1. The number of phenolic OH excluding ortho intramolecular Hbond substituents is 1. The average Bonchev–Trinajstić information content (AvgIpc) is 2.44. The molecule has 0 spiro atoms. The Hall–Kier alpha value is -2.14. The van der Waals surface area contributed by atoms with E-state index in [9.17, 15) is 15.2 Å². The van der Waals surface area contributed by atoms with Crippen molar-refractivity contribution in [2.45, 2.75) is 12.8 Å². The van der Waals surface area contributed by atoms with Crippen LogP contribution in [0.3, 0.4) is 0 Å². The van der Waals surface area contributed by atoms with Crippen LogP contribution in [-0.2, 0) is 0 Å². The van der Waals surface area contributed by atoms with E-state index in [1.54, 1.807) is 12.1 Å². The van der Waals surface area contributed by atoms with Crippen LogP contribution in [0.4, 0.5) is 5.69 Å². The summed E-state index contributed by atoms with van der Waals surface area (Å²) in [6.45, 7) is 5.76. The van der Waals surface area contributed by atoms with Crippen LogP contribution in [0, 0.1) is 17.0 Å². The first kappa shape index (κ1) is 15.3. The zero-order valence-electron chi connectivity index (χ0n) is 11.4. The van der Waals surface area contributed by atoms with Gasteiger partial charge in [-0.15, -0.1) is 6.58 Å². The molecule has 0 heterocycles. The first-order valence-corrected chi connectivity index (χ1v) is 7.10. The average molecular weight is 348 g/mol. The molecule has 0 aliphatic carbocycles. The Labute approximate surface area is 131 Å². The second kappa shape index (κ2) is 6.10. The molecule has 0 saturated carbocycles. The monoisotopic (exact) mass is 347 g/mol. The Bertz CT molecular complexity index is 713. The fourth-order valence-corrected chi connectivity index (χ4v) is 2.80. The normalized spacial score (nSPS) is 11.9. The number of hydrogen-bond donors (Lipinski definition) is 1. The number of halogens is 1. The van der Waals surface area contributed by atoms with Crippen LogP contribution in [0.15, 0.2) is 53.5 Å². The summed E-state index contributed by atoms with van der Waals surface area (Å²) in [5.41, 5.74) is 2.12. The van der Waals surface area contributed by atoms with Gasteiger partial charge in [-0.3, -0.25) is 10.1 Å². The second-order valence-corrected chi connectivity index (χ2v) is 5.61. The number of allylic oxidation sites excluding steroid dienone is 1. The molecule has 21 heavy (non-hydrogen) atoms. The third-order valence-electron chi connectivity index (χ3n) is 3.38. The lowest BCUT2D eigenvalue weighted by Gasteiger charge is -2.17. The van der Waals surface area contributed by atoms with Gasteiger partial charge >= 0.3 is 5.69 Å². The molecule has 2 aromatic rings. The van der Waals surface area contributed by atoms with Gasteiger partial charge < -0.3 is 5.11 Å². The van der Waals surface area contributed by atoms with Gasteiger partial charge in [0.05, 0.1) is 4.92 Å². The van der Waals surface area contributed by atoms with Crippen molar-refractivity contribution in [1.82, 2.24) is 0 Å². The number of phenols is 1. The van der Waals surface area contributed by atoms with Gasteiger partial charge in [-0.2, -0.15) is 0 Å². The Morgan fingerprint density at radius 1 is 1.33 bits per heavy atom. The van der Waals surface area contributed by atoms with Crippen molar-refractivity contribution in [3.63, 3.8) is 0 Å². The van der Waals surface area contributed by atoms with Gasteiger partial charge in [0.25, 0.3) is 0 Å². The topological polar surface area (TPSA) is 63.4 Å². The summed E-state index contributed by atoms with van der Waals surface area (Å²) in [6, 6.07) is 10.7. The van der Waals surface area contributed by atoms with Crippen LogP contribution in [0.1, 0.15) is 22.6 Å². The molecule has 0 fully saturated rings. The zero-order chi connectivity index (χ0) is 15.6. The Balaban J connectivity index is 2.66. The maximum Gasteiger partial charge on any atom is 0.312 e. The number of nitro groups is 1. The molecular weight excluding hydrogens is 334 g/mol. The maximum absolute atomic E-state index is 11.0. The van der Waals surface area contributed by atoms with Crippen molar-refractivity contribution < 1.29 is 10.0 Å². The van der Waals surface area contributed by atoms with Gasteiger partial charge in [-0.05, 0) is 24.1 Å². The summed E-state index contributed by atoms with van der Waals surface area (Å²) >= 11 is 3.25. The van der Waals surface area contributed by atoms with Gasteiger partial charge in [0, 0.05) is 22.0 Å². The standard InChI is InChI=1S/C16H14BrNO3/c1-3-12(13-7-5-4-6-10(13)2)14-8-11(17)9-15(16(14)19)18(20)21/h3-9,12,19H,1H2,2H3. The van der Waals surface area contributed by atoms with Crippen molar-refractivity contribution in [2.24, 2.45) is 0 Å². The van der Waals surface area contributed by atoms with E-state index in [-0.39, 0.29) is 17.4 Å². The maximum atomic E-state index is 11.0. The van der Waals surface area contributed by atoms with Crippen molar-refractivity contribution in [1.29, 1.82) is 0 Å². The Kier molecular flexibility index (Phi) is 4.43. The molecule has 0 bridgehead atoms. The van der Waals surface area contributed by atoms with E-state index in [1.165, 1.54) is 6.07 Å². The summed E-state index contributed by atoms with van der Waals surface area (Å²) in [4.78, 5) is 10.4. The minimum absolute atomic E-state index is 0.317. The van der Waals surface area contributed by atoms with Crippen molar-refractivity contribution in [3.05, 3.63) is 80.3 Å². The van der Waals surface area contributed by atoms with Crippen molar-refractivity contribution >= 4 is 21.6 Å². The molecule has 0 amide bonds. The lowest BCUT2D eigenvalue weighted by Crippen LogP contribution is -2.02. The quantitative estimate of drug-likeness (QED) is 0.495. The fraction of sp³-hybridized carbons (Fsp3) is 0.125. The first-order valence-electron chi connectivity index (χ1n) is 6.30. The van der Waals surface area contributed by atoms with Crippen LogP contribution >= 0.6 is 15.9 Å². The van der Waals surface area contributed by atoms with E-state index in [4.69, 9.17) is 0 Å². The number of rotatable bonds is 4. The smallest absolute Gasteiger partial charge is 0.312 e. The minimum atomic E-state index is -0.596. The molecule has 0 saturated heterocycles. The molecule has 1 unspecified atom stereocenters. The third kappa shape index (κ3) is 2.97. The SMILES string of the molecule is C=CC(c1ccccc1C)c1cc(Br)cc([N+](=O)[O-])c1O. The van der Waals surface area contributed by atoms with Gasteiger partial charge in [-0.25, -0.2) is 0 Å². The van der Waals surface area contributed by atoms with Crippen LogP contribution in [0.2, 0.25) is 0 Å². The highest BCUT2D eigenvalue weighted by Crippen LogP contribution is 2.41. The largest absolute Gasteiger partial charge is 0.502 e. The molecule has 5 heteroatoms. The minimum Gasteiger partial charge on any atom is -0.502 e. The van der Waals surface area contributed by atoms with E-state index in [0.29, 0.717) is 10.0 Å². The number of aromatic hydroxyl groups is 1. The summed E-state index contributed by atoms with van der Waals surface area (Å²) < 4.78 is 0.544. The molecule has 1 atom stereocenters. The molecular formula is C16H14BrNO3. The third-order valence-corrected chi connectivity index (χ3v) is 3.83. The summed E-state index contributed by atoms with van der Waals surface area (Å²) in [5, 5.41) is 21.3. The number of hydrogen-bond acceptors (Lipinski definition) is 3. The van der Waals surface area contributed by atoms with Crippen LogP contribution in [0.5, 0.6) is 5.75 Å². The highest BCUT2D eigenvalue weighted by atomic mass is 79.9. The van der Waals surface area contributed by atoms with E-state index < -0.39 is 4.92 Å². The zero-order valence-corrected chi connectivity index (χ0v) is 13.0. The van der Waals surface area contributed by atoms with Gasteiger partial charge in [0.2, 0.25) is 0 Å².